The van der Waals surface area contributed by atoms with E-state index in [0.717, 1.165) is 13.0 Å². The molecule has 0 aromatic heterocycles. The fourth-order valence-corrected chi connectivity index (χ4v) is 1.09. The molecule has 0 aliphatic heterocycles. The molecule has 0 bridgehead atoms. The van der Waals surface area contributed by atoms with Crippen molar-refractivity contribution in [1.29, 1.82) is 0 Å². The van der Waals surface area contributed by atoms with Crippen molar-refractivity contribution in [3.63, 3.8) is 0 Å². The molecule has 0 amide bonds. The Morgan fingerprint density at radius 2 is 1.80 bits per heavy atom. The fraction of sp³-hybridized carbons (Fsp3) is 0.300. The van der Waals surface area contributed by atoms with Crippen LogP contribution in [0.4, 0.5) is 0 Å². The third-order valence-corrected chi connectivity index (χ3v) is 1.99. The molecule has 0 saturated carbocycles. The van der Waals surface area contributed by atoms with Crippen LogP contribution in [-0.4, -0.2) is 18.7 Å². The quantitative estimate of drug-likeness (QED) is 0.422. The molecule has 0 spiro atoms. The SMILES string of the molecule is C[N-]C(=S)[N-]CCc1ccccc1.[K+].[K+]. The molecule has 70 valence electrons. The fourth-order valence-electron chi connectivity index (χ4n) is 0.996. The predicted octanol–water partition coefficient (Wildman–Crippen LogP) is -3.10. The van der Waals surface area contributed by atoms with Crippen molar-refractivity contribution in [3.8, 4) is 0 Å². The minimum Gasteiger partial charge on any atom is -0.697 e. The summed E-state index contributed by atoms with van der Waals surface area (Å²) in [6.07, 6.45) is 0.927. The summed E-state index contributed by atoms with van der Waals surface area (Å²) in [5, 5.41) is 8.34. The average molecular weight is 270 g/mol. The van der Waals surface area contributed by atoms with Gasteiger partial charge in [-0.15, -0.1) is 25.8 Å². The van der Waals surface area contributed by atoms with E-state index in [0.29, 0.717) is 5.11 Å². The Bertz CT molecular complexity index is 267. The number of rotatable bonds is 3. The standard InChI is InChI=1S/C10H13N2S.2K/c1-11-10(13)12-8-7-9-5-3-2-4-6-9;;/h2-6H,7-8H2,1H3,(H-,11,12,13);;/q-1;2*+1/p-1. The third kappa shape index (κ3) is 9.85. The van der Waals surface area contributed by atoms with E-state index in [1.807, 2.05) is 18.2 Å². The first-order chi connectivity index (χ1) is 6.33. The van der Waals surface area contributed by atoms with E-state index in [4.69, 9.17) is 12.2 Å². The van der Waals surface area contributed by atoms with Crippen molar-refractivity contribution in [2.24, 2.45) is 0 Å². The Kier molecular flexibility index (Phi) is 16.4. The van der Waals surface area contributed by atoms with Gasteiger partial charge in [-0.2, -0.15) is 5.11 Å². The van der Waals surface area contributed by atoms with E-state index in [-0.39, 0.29) is 103 Å². The maximum absolute atomic E-state index is 4.84. The second kappa shape index (κ2) is 12.6. The van der Waals surface area contributed by atoms with Crippen LogP contribution in [0.25, 0.3) is 10.6 Å². The van der Waals surface area contributed by atoms with Gasteiger partial charge in [-0.1, -0.05) is 30.3 Å². The molecule has 0 atom stereocenters. The maximum Gasteiger partial charge on any atom is 1.00 e. The van der Waals surface area contributed by atoms with Gasteiger partial charge < -0.3 is 10.6 Å². The molecule has 1 aromatic carbocycles. The summed E-state index contributed by atoms with van der Waals surface area (Å²) in [4.78, 5) is 0. The van der Waals surface area contributed by atoms with Gasteiger partial charge in [0, 0.05) is 0 Å². The zero-order valence-electron chi connectivity index (χ0n) is 9.60. The number of hydrogen-bond donors (Lipinski definition) is 0. The van der Waals surface area contributed by atoms with Gasteiger partial charge >= 0.3 is 103 Å². The Balaban J connectivity index is 0. The molecule has 5 heteroatoms. The first kappa shape index (κ1) is 19.5. The minimum absolute atomic E-state index is 0. The molecular formula is C10H12K2N2S. The summed E-state index contributed by atoms with van der Waals surface area (Å²) in [6.45, 7) is 0.722. The van der Waals surface area contributed by atoms with Gasteiger partial charge in [-0.05, 0) is 12.0 Å². The molecule has 0 N–H and O–H groups in total. The van der Waals surface area contributed by atoms with Crippen molar-refractivity contribution in [3.05, 3.63) is 46.5 Å². The predicted molar refractivity (Wildman–Crippen MR) is 60.3 cm³/mol. The summed E-state index contributed by atoms with van der Waals surface area (Å²) in [6, 6.07) is 10.2. The Hall–Kier alpha value is 2.18. The summed E-state index contributed by atoms with van der Waals surface area (Å²) >= 11 is 4.84. The molecule has 0 aliphatic rings. The normalized spacial score (nSPS) is 8.07. The van der Waals surface area contributed by atoms with Crippen LogP contribution in [-0.2, 0) is 6.42 Å². The Morgan fingerprint density at radius 1 is 1.20 bits per heavy atom. The van der Waals surface area contributed by atoms with Crippen LogP contribution in [0.2, 0.25) is 0 Å². The van der Waals surface area contributed by atoms with Gasteiger partial charge in [-0.3, -0.25) is 0 Å². The van der Waals surface area contributed by atoms with E-state index in [1.54, 1.807) is 7.05 Å². The molecule has 0 unspecified atom stereocenters. The summed E-state index contributed by atoms with van der Waals surface area (Å²) in [5.41, 5.74) is 1.28. The smallest absolute Gasteiger partial charge is 0.697 e. The van der Waals surface area contributed by atoms with Crippen molar-refractivity contribution in [2.75, 3.05) is 13.6 Å². The minimum atomic E-state index is 0. The zero-order valence-corrected chi connectivity index (χ0v) is 16.7. The van der Waals surface area contributed by atoms with Gasteiger partial charge in [0.1, 0.15) is 0 Å². The summed E-state index contributed by atoms with van der Waals surface area (Å²) in [7, 11) is 1.66. The van der Waals surface area contributed by atoms with Crippen molar-refractivity contribution >= 4 is 17.3 Å². The molecule has 1 aromatic rings. The molecular weight excluding hydrogens is 258 g/mol. The average Bonchev–Trinajstić information content (AvgIpc) is 2.19. The molecule has 1 rings (SSSR count). The first-order valence-corrected chi connectivity index (χ1v) is 4.59. The van der Waals surface area contributed by atoms with Crippen LogP contribution >= 0.6 is 12.2 Å². The van der Waals surface area contributed by atoms with E-state index in [1.165, 1.54) is 5.56 Å². The topological polar surface area (TPSA) is 28.2 Å². The van der Waals surface area contributed by atoms with Gasteiger partial charge in [0.25, 0.3) is 0 Å². The Morgan fingerprint density at radius 3 is 2.33 bits per heavy atom. The van der Waals surface area contributed by atoms with Crippen LogP contribution in [0, 0.1) is 0 Å². The van der Waals surface area contributed by atoms with Gasteiger partial charge in [0.05, 0.1) is 0 Å². The van der Waals surface area contributed by atoms with Crippen LogP contribution in [0.5, 0.6) is 0 Å². The number of thiocarbonyl (C=S) groups is 1. The van der Waals surface area contributed by atoms with Crippen LogP contribution in [0.15, 0.2) is 30.3 Å². The Labute approximate surface area is 182 Å². The van der Waals surface area contributed by atoms with Gasteiger partial charge in [0.2, 0.25) is 0 Å². The zero-order chi connectivity index (χ0) is 9.52. The van der Waals surface area contributed by atoms with Crippen LogP contribution in [0.3, 0.4) is 0 Å². The third-order valence-electron chi connectivity index (χ3n) is 1.68. The van der Waals surface area contributed by atoms with E-state index < -0.39 is 0 Å². The van der Waals surface area contributed by atoms with Gasteiger partial charge in [0.15, 0.2) is 0 Å². The molecule has 2 nitrogen and oxygen atoms in total. The summed E-state index contributed by atoms with van der Waals surface area (Å²) < 4.78 is 0. The van der Waals surface area contributed by atoms with Crippen molar-refractivity contribution in [1.82, 2.24) is 0 Å². The van der Waals surface area contributed by atoms with Crippen LogP contribution in [0.1, 0.15) is 5.56 Å². The molecule has 0 saturated heterocycles. The molecule has 0 aliphatic carbocycles. The number of hydrogen-bond acceptors (Lipinski definition) is 1. The number of benzene rings is 1. The second-order valence-corrected chi connectivity index (χ2v) is 2.99. The molecule has 0 radical (unpaired) electrons. The van der Waals surface area contributed by atoms with E-state index >= 15 is 0 Å². The maximum atomic E-state index is 4.84. The van der Waals surface area contributed by atoms with E-state index in [9.17, 15) is 0 Å². The van der Waals surface area contributed by atoms with Crippen LogP contribution < -0.4 is 103 Å². The summed E-state index contributed by atoms with van der Waals surface area (Å²) in [5.74, 6) is 0. The largest absolute Gasteiger partial charge is 1.00 e. The molecule has 15 heavy (non-hydrogen) atoms. The van der Waals surface area contributed by atoms with E-state index in [2.05, 4.69) is 22.8 Å². The van der Waals surface area contributed by atoms with Crippen molar-refractivity contribution < 1.29 is 103 Å². The number of nitrogens with zero attached hydrogens (tertiary/aromatic N) is 2. The van der Waals surface area contributed by atoms with Crippen molar-refractivity contribution in [2.45, 2.75) is 6.42 Å². The monoisotopic (exact) mass is 270 g/mol. The van der Waals surface area contributed by atoms with Gasteiger partial charge in [-0.25, -0.2) is 0 Å². The molecule has 0 fully saturated rings. The second-order valence-electron chi connectivity index (χ2n) is 2.62. The molecule has 0 heterocycles. The first-order valence-electron chi connectivity index (χ1n) is 4.18.